The molecule has 0 aromatic heterocycles. The molecule has 1 amide bonds. The molecule has 2 aliphatic rings. The number of carbonyl (C=O) groups is 1. The minimum absolute atomic E-state index is 0.177. The summed E-state index contributed by atoms with van der Waals surface area (Å²) >= 11 is 12.4. The van der Waals surface area contributed by atoms with Crippen LogP contribution in [0.25, 0.3) is 0 Å². The molecule has 0 saturated carbocycles. The van der Waals surface area contributed by atoms with Crippen molar-refractivity contribution < 1.29 is 4.79 Å². The lowest BCUT2D eigenvalue weighted by Crippen LogP contribution is -2.44. The maximum atomic E-state index is 13.4. The van der Waals surface area contributed by atoms with Gasteiger partial charge < -0.3 is 10.2 Å². The molecule has 136 valence electrons. The van der Waals surface area contributed by atoms with Gasteiger partial charge in [0.15, 0.2) is 0 Å². The Balaban J connectivity index is 1.69. The Hall–Kier alpha value is -1.55. The summed E-state index contributed by atoms with van der Waals surface area (Å²) in [5.41, 5.74) is 3.13. The molecule has 2 aromatic carbocycles. The summed E-state index contributed by atoms with van der Waals surface area (Å²) in [5, 5.41) is 4.84. The first-order valence-electron chi connectivity index (χ1n) is 9.21. The molecule has 26 heavy (non-hydrogen) atoms. The van der Waals surface area contributed by atoms with Crippen LogP contribution in [0.4, 0.5) is 5.69 Å². The lowest BCUT2D eigenvalue weighted by atomic mass is 9.93. The topological polar surface area (TPSA) is 32.3 Å². The Bertz CT molecular complexity index is 815. The van der Waals surface area contributed by atoms with Crippen LogP contribution in [-0.4, -0.2) is 25.0 Å². The van der Waals surface area contributed by atoms with Crippen LogP contribution in [0.5, 0.6) is 0 Å². The second-order valence-corrected chi connectivity index (χ2v) is 8.02. The fourth-order valence-electron chi connectivity index (χ4n) is 4.13. The predicted octanol–water partition coefficient (Wildman–Crippen LogP) is 4.81. The highest BCUT2D eigenvalue weighted by Gasteiger charge is 2.40. The van der Waals surface area contributed by atoms with Crippen LogP contribution >= 0.6 is 23.2 Å². The van der Waals surface area contributed by atoms with Gasteiger partial charge in [0, 0.05) is 28.3 Å². The highest BCUT2D eigenvalue weighted by atomic mass is 35.5. The van der Waals surface area contributed by atoms with Crippen molar-refractivity contribution in [2.24, 2.45) is 0 Å². The van der Waals surface area contributed by atoms with Crippen molar-refractivity contribution in [3.8, 4) is 0 Å². The van der Waals surface area contributed by atoms with E-state index in [0.717, 1.165) is 49.2 Å². The van der Waals surface area contributed by atoms with Crippen molar-refractivity contribution in [2.75, 3.05) is 18.0 Å². The maximum absolute atomic E-state index is 13.4. The average molecular weight is 389 g/mol. The fraction of sp³-hybridized carbons (Fsp3) is 0.381. The molecule has 4 rings (SSSR count). The number of nitrogens with one attached hydrogen (secondary N) is 1. The fourth-order valence-corrected chi connectivity index (χ4v) is 4.51. The third-order valence-electron chi connectivity index (χ3n) is 5.38. The van der Waals surface area contributed by atoms with Gasteiger partial charge in [0.25, 0.3) is 0 Å². The molecule has 3 nitrogen and oxygen atoms in total. The van der Waals surface area contributed by atoms with Crippen molar-refractivity contribution in [1.29, 1.82) is 0 Å². The molecule has 2 unspecified atom stereocenters. The standard InChI is InChI=1S/C21H22Cl2N2O/c22-15-5-3-4-14(10-15)11-19-18-8-7-16(23)12-20(18)25(21(19)26)17-6-1-2-9-24-13-17/h3-5,7-8,10,12,17,19,24H,1-2,6,9,11,13H2. The maximum Gasteiger partial charge on any atom is 0.235 e. The largest absolute Gasteiger partial charge is 0.315 e. The van der Waals surface area contributed by atoms with Crippen LogP contribution in [0.2, 0.25) is 10.0 Å². The van der Waals surface area contributed by atoms with E-state index in [4.69, 9.17) is 23.2 Å². The van der Waals surface area contributed by atoms with Gasteiger partial charge in [-0.1, -0.05) is 47.8 Å². The van der Waals surface area contributed by atoms with Crippen LogP contribution in [-0.2, 0) is 11.2 Å². The summed E-state index contributed by atoms with van der Waals surface area (Å²) in [6.45, 7) is 1.86. The Kier molecular flexibility index (Phi) is 5.21. The number of halogens is 2. The second-order valence-electron chi connectivity index (χ2n) is 7.15. The summed E-state index contributed by atoms with van der Waals surface area (Å²) in [7, 11) is 0. The van der Waals surface area contributed by atoms with Gasteiger partial charge >= 0.3 is 0 Å². The molecule has 2 atom stereocenters. The van der Waals surface area contributed by atoms with Crippen molar-refractivity contribution >= 4 is 34.8 Å². The average Bonchev–Trinajstić information content (AvgIpc) is 2.80. The quantitative estimate of drug-likeness (QED) is 0.817. The van der Waals surface area contributed by atoms with E-state index in [-0.39, 0.29) is 17.9 Å². The lowest BCUT2D eigenvalue weighted by molar-refractivity contribution is -0.119. The highest BCUT2D eigenvalue weighted by molar-refractivity contribution is 6.31. The second kappa shape index (κ2) is 7.59. The molecular formula is C21H22Cl2N2O. The molecule has 0 aliphatic carbocycles. The summed E-state index contributed by atoms with van der Waals surface area (Å²) in [4.78, 5) is 15.4. The summed E-state index contributed by atoms with van der Waals surface area (Å²) in [6, 6.07) is 13.8. The van der Waals surface area contributed by atoms with E-state index in [1.807, 2.05) is 47.4 Å². The molecule has 2 heterocycles. The molecular weight excluding hydrogens is 367 g/mol. The minimum Gasteiger partial charge on any atom is -0.315 e. The molecule has 2 aliphatic heterocycles. The normalized spacial score (nSPS) is 23.0. The molecule has 0 radical (unpaired) electrons. The van der Waals surface area contributed by atoms with E-state index in [0.29, 0.717) is 16.5 Å². The first-order chi connectivity index (χ1) is 12.6. The van der Waals surface area contributed by atoms with Gasteiger partial charge in [-0.15, -0.1) is 0 Å². The van der Waals surface area contributed by atoms with Gasteiger partial charge in [-0.3, -0.25) is 4.79 Å². The third-order valence-corrected chi connectivity index (χ3v) is 5.85. The zero-order valence-corrected chi connectivity index (χ0v) is 16.1. The number of amides is 1. The Morgan fingerprint density at radius 1 is 1.08 bits per heavy atom. The van der Waals surface area contributed by atoms with Crippen LogP contribution < -0.4 is 10.2 Å². The SMILES string of the molecule is O=C1C(Cc2cccc(Cl)c2)c2ccc(Cl)cc2N1C1CCCCNC1. The van der Waals surface area contributed by atoms with E-state index in [2.05, 4.69) is 5.32 Å². The predicted molar refractivity (Wildman–Crippen MR) is 107 cm³/mol. The molecule has 0 bridgehead atoms. The monoisotopic (exact) mass is 388 g/mol. The van der Waals surface area contributed by atoms with Gasteiger partial charge in [0.05, 0.1) is 5.92 Å². The van der Waals surface area contributed by atoms with Crippen LogP contribution in [0.3, 0.4) is 0 Å². The van der Waals surface area contributed by atoms with Gasteiger partial charge in [-0.2, -0.15) is 0 Å². The number of fused-ring (bicyclic) bond motifs is 1. The molecule has 1 N–H and O–H groups in total. The zero-order valence-electron chi connectivity index (χ0n) is 14.6. The van der Waals surface area contributed by atoms with E-state index in [1.165, 1.54) is 0 Å². The van der Waals surface area contributed by atoms with E-state index >= 15 is 0 Å². The molecule has 0 spiro atoms. The Morgan fingerprint density at radius 2 is 1.92 bits per heavy atom. The first kappa shape index (κ1) is 17.8. The lowest BCUT2D eigenvalue weighted by Gasteiger charge is -2.28. The number of benzene rings is 2. The first-order valence-corrected chi connectivity index (χ1v) is 9.97. The molecule has 1 saturated heterocycles. The van der Waals surface area contributed by atoms with Gasteiger partial charge in [-0.05, 0) is 61.2 Å². The van der Waals surface area contributed by atoms with Crippen molar-refractivity contribution in [3.63, 3.8) is 0 Å². The molecule has 2 aromatic rings. The smallest absolute Gasteiger partial charge is 0.235 e. The van der Waals surface area contributed by atoms with Gasteiger partial charge in [0.1, 0.15) is 0 Å². The van der Waals surface area contributed by atoms with Crippen molar-refractivity contribution in [1.82, 2.24) is 5.32 Å². The van der Waals surface area contributed by atoms with E-state index < -0.39 is 0 Å². The van der Waals surface area contributed by atoms with Crippen LogP contribution in [0.1, 0.15) is 36.3 Å². The summed E-state index contributed by atoms with van der Waals surface area (Å²) in [5.74, 6) is -0.0000661. The number of hydrogen-bond donors (Lipinski definition) is 1. The zero-order chi connectivity index (χ0) is 18.1. The van der Waals surface area contributed by atoms with E-state index in [9.17, 15) is 4.79 Å². The highest BCUT2D eigenvalue weighted by Crippen LogP contribution is 2.42. The van der Waals surface area contributed by atoms with Gasteiger partial charge in [0.2, 0.25) is 5.91 Å². The molecule has 5 heteroatoms. The van der Waals surface area contributed by atoms with Crippen molar-refractivity contribution in [2.45, 2.75) is 37.6 Å². The van der Waals surface area contributed by atoms with Crippen LogP contribution in [0.15, 0.2) is 42.5 Å². The third kappa shape index (κ3) is 3.48. The summed E-state index contributed by atoms with van der Waals surface area (Å²) < 4.78 is 0. The van der Waals surface area contributed by atoms with Gasteiger partial charge in [-0.25, -0.2) is 0 Å². The molecule has 1 fully saturated rings. The van der Waals surface area contributed by atoms with Crippen LogP contribution in [0, 0.1) is 0 Å². The van der Waals surface area contributed by atoms with Crippen molar-refractivity contribution in [3.05, 3.63) is 63.6 Å². The number of nitrogens with zero attached hydrogens (tertiary/aromatic N) is 1. The minimum atomic E-state index is -0.177. The number of anilines is 1. The van der Waals surface area contributed by atoms with E-state index in [1.54, 1.807) is 0 Å². The number of carbonyl (C=O) groups excluding carboxylic acids is 1. The summed E-state index contributed by atoms with van der Waals surface area (Å²) in [6.07, 6.45) is 3.97. The Labute approximate surface area is 164 Å². The Morgan fingerprint density at radius 3 is 2.77 bits per heavy atom. The number of rotatable bonds is 3. The number of hydrogen-bond acceptors (Lipinski definition) is 2.